The van der Waals surface area contributed by atoms with Gasteiger partial charge in [0.05, 0.1) is 15.9 Å². The van der Waals surface area contributed by atoms with E-state index >= 15 is 0 Å². The molecule has 136 valence electrons. The number of rotatable bonds is 4. The second-order valence-corrected chi connectivity index (χ2v) is 7.87. The molecule has 3 N–H and O–H groups in total. The summed E-state index contributed by atoms with van der Waals surface area (Å²) in [5, 5.41) is 3.68. The van der Waals surface area contributed by atoms with E-state index in [0.717, 1.165) is 40.2 Å². The summed E-state index contributed by atoms with van der Waals surface area (Å²) in [6.07, 6.45) is 1.83. The molecular formula is C19H19ClFN3OS. The molecule has 3 heterocycles. The molecule has 0 saturated carbocycles. The molecule has 1 aliphatic rings. The lowest BCUT2D eigenvalue weighted by molar-refractivity contribution is 0.00239. The lowest BCUT2D eigenvalue weighted by Gasteiger charge is -2.27. The van der Waals surface area contributed by atoms with Crippen LogP contribution in [0.3, 0.4) is 0 Å². The Labute approximate surface area is 160 Å². The molecule has 0 bridgehead atoms. The summed E-state index contributed by atoms with van der Waals surface area (Å²) < 4.78 is 20.7. The van der Waals surface area contributed by atoms with E-state index in [-0.39, 0.29) is 18.0 Å². The van der Waals surface area contributed by atoms with Crippen molar-refractivity contribution in [3.63, 3.8) is 0 Å². The number of aromatic nitrogens is 1. The molecule has 1 fully saturated rings. The van der Waals surface area contributed by atoms with Gasteiger partial charge >= 0.3 is 0 Å². The summed E-state index contributed by atoms with van der Waals surface area (Å²) in [4.78, 5) is 5.47. The van der Waals surface area contributed by atoms with Gasteiger partial charge in [-0.05, 0) is 25.0 Å². The van der Waals surface area contributed by atoms with Crippen LogP contribution >= 0.6 is 22.9 Å². The summed E-state index contributed by atoms with van der Waals surface area (Å²) >= 11 is 7.78. The van der Waals surface area contributed by atoms with Crippen LogP contribution < -0.4 is 11.1 Å². The van der Waals surface area contributed by atoms with Gasteiger partial charge in [0.25, 0.3) is 0 Å². The normalized spacial score (nSPS) is 20.4. The molecule has 0 unspecified atom stereocenters. The molecule has 7 heteroatoms. The number of fused-ring (bicyclic) bond motifs is 1. The summed E-state index contributed by atoms with van der Waals surface area (Å²) in [7, 11) is 0. The fourth-order valence-corrected chi connectivity index (χ4v) is 4.62. The van der Waals surface area contributed by atoms with Crippen molar-refractivity contribution in [2.75, 3.05) is 11.9 Å². The predicted octanol–water partition coefficient (Wildman–Crippen LogP) is 4.88. The maximum Gasteiger partial charge on any atom is 0.131 e. The van der Waals surface area contributed by atoms with Gasteiger partial charge in [-0.25, -0.2) is 9.37 Å². The fraction of sp³-hybridized carbons (Fsp3) is 0.316. The zero-order valence-corrected chi connectivity index (χ0v) is 15.6. The molecule has 1 aromatic carbocycles. The lowest BCUT2D eigenvalue weighted by atomic mass is 10.0. The molecule has 4 rings (SSSR count). The number of anilines is 1. The molecule has 1 saturated heterocycles. The number of pyridine rings is 1. The number of halogens is 2. The van der Waals surface area contributed by atoms with Gasteiger partial charge in [-0.15, -0.1) is 11.3 Å². The third-order valence-electron chi connectivity index (χ3n) is 4.54. The van der Waals surface area contributed by atoms with Crippen LogP contribution in [0.25, 0.3) is 10.2 Å². The number of benzene rings is 1. The third kappa shape index (κ3) is 3.55. The van der Waals surface area contributed by atoms with Gasteiger partial charge in [0.15, 0.2) is 0 Å². The first-order valence-electron chi connectivity index (χ1n) is 8.56. The quantitative estimate of drug-likeness (QED) is 0.622. The average molecular weight is 392 g/mol. The van der Waals surface area contributed by atoms with E-state index < -0.39 is 0 Å². The number of thiophene rings is 1. The fourth-order valence-electron chi connectivity index (χ4n) is 3.21. The Hall–Kier alpha value is -1.73. The highest BCUT2D eigenvalue weighted by atomic mass is 35.5. The minimum absolute atomic E-state index is 0.0119. The van der Waals surface area contributed by atoms with Gasteiger partial charge in [-0.3, -0.25) is 0 Å². The number of nitrogens with two attached hydrogens (primary N) is 1. The zero-order valence-electron chi connectivity index (χ0n) is 14.0. The first kappa shape index (κ1) is 17.7. The molecule has 3 aromatic rings. The highest BCUT2D eigenvalue weighted by Gasteiger charge is 2.26. The van der Waals surface area contributed by atoms with Crippen LogP contribution in [0.2, 0.25) is 5.15 Å². The van der Waals surface area contributed by atoms with Crippen molar-refractivity contribution < 1.29 is 9.13 Å². The smallest absolute Gasteiger partial charge is 0.131 e. The van der Waals surface area contributed by atoms with E-state index in [1.807, 2.05) is 12.1 Å². The second kappa shape index (κ2) is 7.48. The average Bonchev–Trinajstić information content (AvgIpc) is 3.05. The molecular weight excluding hydrogens is 373 g/mol. The topological polar surface area (TPSA) is 60.2 Å². The van der Waals surface area contributed by atoms with E-state index in [1.54, 1.807) is 29.5 Å². The molecule has 0 radical (unpaired) electrons. The van der Waals surface area contributed by atoms with Crippen LogP contribution in [-0.2, 0) is 11.3 Å². The predicted molar refractivity (Wildman–Crippen MR) is 104 cm³/mol. The Morgan fingerprint density at radius 3 is 3.00 bits per heavy atom. The van der Waals surface area contributed by atoms with E-state index in [2.05, 4.69) is 10.3 Å². The number of hydrogen-bond acceptors (Lipinski definition) is 5. The molecule has 26 heavy (non-hydrogen) atoms. The molecule has 2 atom stereocenters. The highest BCUT2D eigenvalue weighted by molar-refractivity contribution is 7.19. The van der Waals surface area contributed by atoms with Crippen LogP contribution in [0, 0.1) is 5.82 Å². The van der Waals surface area contributed by atoms with Gasteiger partial charge in [-0.1, -0.05) is 29.8 Å². The highest BCUT2D eigenvalue weighted by Crippen LogP contribution is 2.39. The monoisotopic (exact) mass is 391 g/mol. The summed E-state index contributed by atoms with van der Waals surface area (Å²) in [5.74, 6) is -0.232. The largest absolute Gasteiger partial charge is 0.380 e. The molecule has 0 aliphatic carbocycles. The van der Waals surface area contributed by atoms with Crippen LogP contribution in [-0.4, -0.2) is 17.6 Å². The van der Waals surface area contributed by atoms with Crippen molar-refractivity contribution in [1.29, 1.82) is 0 Å². The van der Waals surface area contributed by atoms with Crippen molar-refractivity contribution in [1.82, 2.24) is 4.98 Å². The standard InChI is InChI=1S/C19H19ClFN3OS/c20-17-9-14(23-10-11-4-1-2-5-12(11)21)19-15(24-17)8-16(26-19)18-13(22)6-3-7-25-18/h1-2,4-5,8-9,13,18H,3,6-7,10,22H2,(H,23,24)/t13-,18-/m0/s1. The van der Waals surface area contributed by atoms with Crippen LogP contribution in [0.5, 0.6) is 0 Å². The number of nitrogens with one attached hydrogen (secondary N) is 1. The first-order valence-corrected chi connectivity index (χ1v) is 9.76. The van der Waals surface area contributed by atoms with E-state index in [1.165, 1.54) is 6.07 Å². The lowest BCUT2D eigenvalue weighted by Crippen LogP contribution is -2.33. The minimum Gasteiger partial charge on any atom is -0.380 e. The molecule has 0 amide bonds. The number of nitrogens with zero attached hydrogens (tertiary/aromatic N) is 1. The summed E-state index contributed by atoms with van der Waals surface area (Å²) in [6.45, 7) is 1.09. The van der Waals surface area contributed by atoms with Crippen molar-refractivity contribution in [2.24, 2.45) is 5.73 Å². The Bertz CT molecular complexity index is 932. The Kier molecular flexibility index (Phi) is 5.09. The second-order valence-electron chi connectivity index (χ2n) is 6.40. The van der Waals surface area contributed by atoms with E-state index in [4.69, 9.17) is 22.1 Å². The zero-order chi connectivity index (χ0) is 18.1. The van der Waals surface area contributed by atoms with Gasteiger partial charge < -0.3 is 15.8 Å². The SMILES string of the molecule is N[C@H]1CCCO[C@@H]1c1cc2nc(Cl)cc(NCc3ccccc3F)c2s1. The van der Waals surface area contributed by atoms with Crippen LogP contribution in [0.15, 0.2) is 36.4 Å². The van der Waals surface area contributed by atoms with Gasteiger partial charge in [0.2, 0.25) is 0 Å². The molecule has 1 aliphatic heterocycles. The van der Waals surface area contributed by atoms with E-state index in [0.29, 0.717) is 17.3 Å². The third-order valence-corrected chi connectivity index (χ3v) is 5.96. The van der Waals surface area contributed by atoms with Crippen molar-refractivity contribution in [2.45, 2.75) is 31.5 Å². The Morgan fingerprint density at radius 2 is 2.19 bits per heavy atom. The van der Waals surface area contributed by atoms with E-state index in [9.17, 15) is 4.39 Å². The van der Waals surface area contributed by atoms with Gasteiger partial charge in [-0.2, -0.15) is 0 Å². The molecule has 4 nitrogen and oxygen atoms in total. The van der Waals surface area contributed by atoms with Crippen molar-refractivity contribution in [3.05, 3.63) is 57.8 Å². The van der Waals surface area contributed by atoms with Crippen molar-refractivity contribution in [3.8, 4) is 0 Å². The first-order chi connectivity index (χ1) is 12.6. The number of ether oxygens (including phenoxy) is 1. The Morgan fingerprint density at radius 1 is 1.35 bits per heavy atom. The minimum atomic E-state index is -0.232. The van der Waals surface area contributed by atoms with Gasteiger partial charge in [0, 0.05) is 35.7 Å². The maximum absolute atomic E-state index is 13.9. The maximum atomic E-state index is 13.9. The molecule has 0 spiro atoms. The molecule has 2 aromatic heterocycles. The van der Waals surface area contributed by atoms with Crippen LogP contribution in [0.1, 0.15) is 29.4 Å². The summed E-state index contributed by atoms with van der Waals surface area (Å²) in [5.41, 5.74) is 8.47. The van der Waals surface area contributed by atoms with Crippen LogP contribution in [0.4, 0.5) is 10.1 Å². The number of hydrogen-bond donors (Lipinski definition) is 2. The van der Waals surface area contributed by atoms with Gasteiger partial charge in [0.1, 0.15) is 17.1 Å². The van der Waals surface area contributed by atoms with Crippen molar-refractivity contribution >= 4 is 38.8 Å². The summed E-state index contributed by atoms with van der Waals surface area (Å²) in [6, 6.07) is 10.5. The Balaban J connectivity index is 1.65.